The Labute approximate surface area is 130 Å². The van der Waals surface area contributed by atoms with E-state index in [2.05, 4.69) is 4.90 Å². The third kappa shape index (κ3) is 4.64. The number of likely N-dealkylation sites (N-methyl/N-ethyl adjacent to an activating group) is 1. The molecule has 1 aromatic rings. The predicted octanol–water partition coefficient (Wildman–Crippen LogP) is 0.781. The number of hydrogen-bond acceptors (Lipinski definition) is 5. The number of hydrogen-bond donors (Lipinski definition) is 2. The van der Waals surface area contributed by atoms with E-state index in [1.165, 1.54) is 0 Å². The standard InChI is InChI=1S/C15H22N2O3S/c1-17(11-6-7-19-9-11)8-12(18)10-20-14-5-3-2-4-13(14)15(16)21/h2-5,11-12,18H,6-10H2,1H3,(H2,16,21). The van der Waals surface area contributed by atoms with Gasteiger partial charge in [-0.1, -0.05) is 24.4 Å². The van der Waals surface area contributed by atoms with Crippen molar-refractivity contribution in [3.8, 4) is 5.75 Å². The Morgan fingerprint density at radius 3 is 3.00 bits per heavy atom. The molecule has 21 heavy (non-hydrogen) atoms. The zero-order valence-corrected chi connectivity index (χ0v) is 13.0. The summed E-state index contributed by atoms with van der Waals surface area (Å²) >= 11 is 4.99. The van der Waals surface area contributed by atoms with E-state index in [0.717, 1.165) is 19.6 Å². The van der Waals surface area contributed by atoms with Gasteiger partial charge < -0.3 is 20.3 Å². The van der Waals surface area contributed by atoms with Crippen molar-refractivity contribution in [3.05, 3.63) is 29.8 Å². The van der Waals surface area contributed by atoms with E-state index >= 15 is 0 Å². The molecule has 1 heterocycles. The molecule has 0 aromatic heterocycles. The Morgan fingerprint density at radius 2 is 2.33 bits per heavy atom. The number of para-hydroxylation sites is 1. The third-order valence-electron chi connectivity index (χ3n) is 3.61. The molecular weight excluding hydrogens is 288 g/mol. The summed E-state index contributed by atoms with van der Waals surface area (Å²) in [4.78, 5) is 2.40. The quantitative estimate of drug-likeness (QED) is 0.726. The van der Waals surface area contributed by atoms with Crippen LogP contribution in [0.15, 0.2) is 24.3 Å². The fourth-order valence-corrected chi connectivity index (χ4v) is 2.55. The lowest BCUT2D eigenvalue weighted by Crippen LogP contribution is -2.40. The maximum absolute atomic E-state index is 10.1. The van der Waals surface area contributed by atoms with Crippen molar-refractivity contribution < 1.29 is 14.6 Å². The second kappa shape index (κ2) is 7.70. The van der Waals surface area contributed by atoms with Crippen molar-refractivity contribution in [2.75, 3.05) is 33.4 Å². The van der Waals surface area contributed by atoms with Crippen LogP contribution in [0.4, 0.5) is 0 Å². The van der Waals surface area contributed by atoms with Gasteiger partial charge in [-0.05, 0) is 25.6 Å². The van der Waals surface area contributed by atoms with Crippen molar-refractivity contribution in [1.29, 1.82) is 0 Å². The fraction of sp³-hybridized carbons (Fsp3) is 0.533. The highest BCUT2D eigenvalue weighted by atomic mass is 32.1. The van der Waals surface area contributed by atoms with Gasteiger partial charge in [0.1, 0.15) is 23.4 Å². The summed E-state index contributed by atoms with van der Waals surface area (Å²) in [7, 11) is 1.99. The highest BCUT2D eigenvalue weighted by Gasteiger charge is 2.22. The summed E-state index contributed by atoms with van der Waals surface area (Å²) in [5.41, 5.74) is 6.34. The van der Waals surface area contributed by atoms with Crippen LogP contribution in [0.25, 0.3) is 0 Å². The number of aliphatic hydroxyl groups is 1. The molecule has 116 valence electrons. The van der Waals surface area contributed by atoms with Gasteiger partial charge in [-0.2, -0.15) is 0 Å². The zero-order chi connectivity index (χ0) is 15.2. The number of nitrogens with two attached hydrogens (primary N) is 1. The first-order chi connectivity index (χ1) is 10.1. The van der Waals surface area contributed by atoms with Crippen LogP contribution in [0.1, 0.15) is 12.0 Å². The minimum Gasteiger partial charge on any atom is -0.490 e. The van der Waals surface area contributed by atoms with E-state index in [4.69, 9.17) is 27.4 Å². The molecule has 2 atom stereocenters. The first kappa shape index (κ1) is 16.2. The number of aliphatic hydroxyl groups excluding tert-OH is 1. The number of benzene rings is 1. The summed E-state index contributed by atoms with van der Waals surface area (Å²) in [6.45, 7) is 2.28. The van der Waals surface area contributed by atoms with E-state index < -0.39 is 6.10 Å². The third-order valence-corrected chi connectivity index (χ3v) is 3.83. The molecular formula is C15H22N2O3S. The Hall–Kier alpha value is -1.21. The monoisotopic (exact) mass is 310 g/mol. The van der Waals surface area contributed by atoms with Crippen LogP contribution in [-0.2, 0) is 4.74 Å². The minimum absolute atomic E-state index is 0.206. The van der Waals surface area contributed by atoms with Crippen LogP contribution in [-0.4, -0.2) is 60.6 Å². The average molecular weight is 310 g/mol. The lowest BCUT2D eigenvalue weighted by molar-refractivity contribution is 0.0597. The molecule has 0 saturated carbocycles. The summed E-state index contributed by atoms with van der Waals surface area (Å²) in [5.74, 6) is 0.607. The van der Waals surface area contributed by atoms with Gasteiger partial charge in [0, 0.05) is 19.2 Å². The van der Waals surface area contributed by atoms with E-state index in [1.807, 2.05) is 25.2 Å². The van der Waals surface area contributed by atoms with E-state index in [1.54, 1.807) is 6.07 Å². The molecule has 6 heteroatoms. The van der Waals surface area contributed by atoms with E-state index in [0.29, 0.717) is 28.9 Å². The number of nitrogens with zero attached hydrogens (tertiary/aromatic N) is 1. The molecule has 2 unspecified atom stereocenters. The second-order valence-corrected chi connectivity index (χ2v) is 5.72. The Balaban J connectivity index is 1.83. The van der Waals surface area contributed by atoms with E-state index in [-0.39, 0.29) is 6.61 Å². The van der Waals surface area contributed by atoms with Crippen molar-refractivity contribution >= 4 is 17.2 Å². The normalized spacial score (nSPS) is 19.7. The Kier molecular flexibility index (Phi) is 5.93. The molecule has 1 aliphatic heterocycles. The minimum atomic E-state index is -0.574. The molecule has 0 radical (unpaired) electrons. The van der Waals surface area contributed by atoms with E-state index in [9.17, 15) is 5.11 Å². The van der Waals surface area contributed by atoms with Gasteiger partial charge in [0.05, 0.1) is 12.2 Å². The predicted molar refractivity (Wildman–Crippen MR) is 85.7 cm³/mol. The Morgan fingerprint density at radius 1 is 1.57 bits per heavy atom. The zero-order valence-electron chi connectivity index (χ0n) is 12.2. The van der Waals surface area contributed by atoms with Gasteiger partial charge in [-0.3, -0.25) is 4.90 Å². The molecule has 0 bridgehead atoms. The van der Waals surface area contributed by atoms with Crippen LogP contribution in [0.2, 0.25) is 0 Å². The summed E-state index contributed by atoms with van der Waals surface area (Å²) in [5, 5.41) is 10.1. The van der Waals surface area contributed by atoms with Crippen LogP contribution in [0, 0.1) is 0 Å². The maximum atomic E-state index is 10.1. The molecule has 3 N–H and O–H groups in total. The number of ether oxygens (including phenoxy) is 2. The molecule has 0 spiro atoms. The topological polar surface area (TPSA) is 68.0 Å². The largest absolute Gasteiger partial charge is 0.490 e. The summed E-state index contributed by atoms with van der Waals surface area (Å²) in [6.07, 6.45) is 0.434. The molecule has 1 aromatic carbocycles. The van der Waals surface area contributed by atoms with Gasteiger partial charge in [0.15, 0.2) is 0 Å². The first-order valence-electron chi connectivity index (χ1n) is 7.05. The fourth-order valence-electron chi connectivity index (χ4n) is 2.39. The average Bonchev–Trinajstić information content (AvgIpc) is 2.99. The first-order valence-corrected chi connectivity index (χ1v) is 7.46. The van der Waals surface area contributed by atoms with Crippen molar-refractivity contribution in [2.45, 2.75) is 18.6 Å². The van der Waals surface area contributed by atoms with Crippen molar-refractivity contribution in [2.24, 2.45) is 5.73 Å². The summed E-state index contributed by atoms with van der Waals surface area (Å²) < 4.78 is 11.0. The summed E-state index contributed by atoms with van der Waals surface area (Å²) in [6, 6.07) is 7.70. The SMILES string of the molecule is CN(CC(O)COc1ccccc1C(N)=S)C1CCOC1. The molecule has 0 aliphatic carbocycles. The van der Waals surface area contributed by atoms with Crippen molar-refractivity contribution in [1.82, 2.24) is 4.90 Å². The molecule has 1 fully saturated rings. The van der Waals surface area contributed by atoms with Gasteiger partial charge in [-0.15, -0.1) is 0 Å². The van der Waals surface area contributed by atoms with Crippen LogP contribution < -0.4 is 10.5 Å². The van der Waals surface area contributed by atoms with Gasteiger partial charge in [0.2, 0.25) is 0 Å². The highest BCUT2D eigenvalue weighted by Crippen LogP contribution is 2.18. The molecule has 2 rings (SSSR count). The van der Waals surface area contributed by atoms with Crippen molar-refractivity contribution in [3.63, 3.8) is 0 Å². The lowest BCUT2D eigenvalue weighted by Gasteiger charge is -2.25. The van der Waals surface area contributed by atoms with Gasteiger partial charge >= 0.3 is 0 Å². The maximum Gasteiger partial charge on any atom is 0.129 e. The highest BCUT2D eigenvalue weighted by molar-refractivity contribution is 7.80. The van der Waals surface area contributed by atoms with Crippen LogP contribution in [0.3, 0.4) is 0 Å². The smallest absolute Gasteiger partial charge is 0.129 e. The Bertz CT molecular complexity index is 478. The van der Waals surface area contributed by atoms with Crippen LogP contribution in [0.5, 0.6) is 5.75 Å². The molecule has 1 saturated heterocycles. The van der Waals surface area contributed by atoms with Crippen LogP contribution >= 0.6 is 12.2 Å². The lowest BCUT2D eigenvalue weighted by atomic mass is 10.2. The van der Waals surface area contributed by atoms with Gasteiger partial charge in [0.25, 0.3) is 0 Å². The second-order valence-electron chi connectivity index (χ2n) is 5.28. The molecule has 1 aliphatic rings. The van der Waals surface area contributed by atoms with Gasteiger partial charge in [-0.25, -0.2) is 0 Å². The number of thiocarbonyl (C=S) groups is 1. The molecule has 0 amide bonds. The molecule has 5 nitrogen and oxygen atoms in total. The number of rotatable bonds is 7.